The molecule has 0 aromatic heterocycles. The molecular weight excluding hydrogens is 284 g/mol. The summed E-state index contributed by atoms with van der Waals surface area (Å²) < 4.78 is 28.2. The number of hydrogen-bond acceptors (Lipinski definition) is 3. The second-order valence-electron chi connectivity index (χ2n) is 5.95. The van der Waals surface area contributed by atoms with Gasteiger partial charge in [0.1, 0.15) is 0 Å². The molecule has 4 nitrogen and oxygen atoms in total. The van der Waals surface area contributed by atoms with Crippen molar-refractivity contribution < 1.29 is 8.42 Å². The first-order valence-electron chi connectivity index (χ1n) is 7.50. The Morgan fingerprint density at radius 2 is 1.76 bits per heavy atom. The SMILES string of the molecule is CCC(NS(=O)(=O)c1cc(CNC)c(C)cc1C)C(C)C. The molecule has 1 atom stereocenters. The highest BCUT2D eigenvalue weighted by Gasteiger charge is 2.23. The zero-order chi connectivity index (χ0) is 16.2. The molecule has 1 rings (SSSR count). The van der Waals surface area contributed by atoms with E-state index in [-0.39, 0.29) is 12.0 Å². The van der Waals surface area contributed by atoms with Gasteiger partial charge in [0.2, 0.25) is 10.0 Å². The predicted octanol–water partition coefficient (Wildman–Crippen LogP) is 2.74. The third kappa shape index (κ3) is 4.53. The van der Waals surface area contributed by atoms with Gasteiger partial charge in [-0.2, -0.15) is 0 Å². The van der Waals surface area contributed by atoms with Gasteiger partial charge in [0.15, 0.2) is 0 Å². The van der Waals surface area contributed by atoms with E-state index in [9.17, 15) is 8.42 Å². The lowest BCUT2D eigenvalue weighted by molar-refractivity contribution is 0.437. The van der Waals surface area contributed by atoms with Crippen LogP contribution in [-0.2, 0) is 16.6 Å². The lowest BCUT2D eigenvalue weighted by Gasteiger charge is -2.22. The average Bonchev–Trinajstić information content (AvgIpc) is 2.38. The summed E-state index contributed by atoms with van der Waals surface area (Å²) in [6.07, 6.45) is 0.783. The molecule has 0 heterocycles. The van der Waals surface area contributed by atoms with E-state index in [4.69, 9.17) is 0 Å². The number of rotatable bonds is 7. The zero-order valence-electron chi connectivity index (χ0n) is 13.9. The summed E-state index contributed by atoms with van der Waals surface area (Å²) in [7, 11) is -1.62. The normalized spacial score (nSPS) is 13.7. The molecule has 0 spiro atoms. The number of aryl methyl sites for hydroxylation is 2. The number of sulfonamides is 1. The molecule has 0 aliphatic rings. The molecule has 0 bridgehead atoms. The van der Waals surface area contributed by atoms with Crippen LogP contribution in [0.15, 0.2) is 17.0 Å². The molecule has 5 heteroatoms. The Labute approximate surface area is 129 Å². The predicted molar refractivity (Wildman–Crippen MR) is 87.9 cm³/mol. The van der Waals surface area contributed by atoms with Crippen LogP contribution in [0.2, 0.25) is 0 Å². The Kier molecular flexibility index (Phi) is 6.38. The van der Waals surface area contributed by atoms with Crippen LogP contribution >= 0.6 is 0 Å². The van der Waals surface area contributed by atoms with Crippen LogP contribution < -0.4 is 10.0 Å². The summed E-state index contributed by atoms with van der Waals surface area (Å²) in [5.74, 6) is 0.271. The van der Waals surface area contributed by atoms with Gasteiger partial charge in [-0.15, -0.1) is 0 Å². The Hall–Kier alpha value is -0.910. The summed E-state index contributed by atoms with van der Waals surface area (Å²) >= 11 is 0. The van der Waals surface area contributed by atoms with E-state index in [2.05, 4.69) is 10.0 Å². The summed E-state index contributed by atoms with van der Waals surface area (Å²) in [4.78, 5) is 0.387. The van der Waals surface area contributed by atoms with Gasteiger partial charge in [0, 0.05) is 12.6 Å². The molecule has 0 amide bonds. The first-order chi connectivity index (χ1) is 9.72. The van der Waals surface area contributed by atoms with E-state index >= 15 is 0 Å². The summed E-state index contributed by atoms with van der Waals surface area (Å²) in [5, 5.41) is 3.08. The molecule has 2 N–H and O–H groups in total. The minimum Gasteiger partial charge on any atom is -0.316 e. The fraction of sp³-hybridized carbons (Fsp3) is 0.625. The maximum absolute atomic E-state index is 12.7. The zero-order valence-corrected chi connectivity index (χ0v) is 14.8. The van der Waals surface area contributed by atoms with Gasteiger partial charge in [0.05, 0.1) is 4.90 Å². The van der Waals surface area contributed by atoms with Crippen LogP contribution in [0.5, 0.6) is 0 Å². The minimum absolute atomic E-state index is 0.0385. The highest BCUT2D eigenvalue weighted by atomic mass is 32.2. The van der Waals surface area contributed by atoms with Gasteiger partial charge >= 0.3 is 0 Å². The third-order valence-electron chi connectivity index (χ3n) is 3.84. The minimum atomic E-state index is -3.48. The molecule has 1 unspecified atom stereocenters. The fourth-order valence-electron chi connectivity index (χ4n) is 2.50. The lowest BCUT2D eigenvalue weighted by Crippen LogP contribution is -2.38. The van der Waals surface area contributed by atoms with E-state index in [1.165, 1.54) is 0 Å². The Morgan fingerprint density at radius 3 is 2.24 bits per heavy atom. The Bertz CT molecular complexity index is 580. The van der Waals surface area contributed by atoms with Gasteiger partial charge < -0.3 is 5.32 Å². The molecule has 0 radical (unpaired) electrons. The third-order valence-corrected chi connectivity index (χ3v) is 5.47. The highest BCUT2D eigenvalue weighted by Crippen LogP contribution is 2.22. The molecule has 1 aromatic carbocycles. The van der Waals surface area contributed by atoms with Crippen molar-refractivity contribution in [1.29, 1.82) is 0 Å². The Balaban J connectivity index is 3.21. The van der Waals surface area contributed by atoms with E-state index < -0.39 is 10.0 Å². The fourth-order valence-corrected chi connectivity index (χ4v) is 4.24. The van der Waals surface area contributed by atoms with Crippen molar-refractivity contribution >= 4 is 10.0 Å². The van der Waals surface area contributed by atoms with Crippen molar-refractivity contribution in [2.24, 2.45) is 5.92 Å². The monoisotopic (exact) mass is 312 g/mol. The molecule has 0 fully saturated rings. The molecule has 0 aliphatic heterocycles. The maximum atomic E-state index is 12.7. The highest BCUT2D eigenvalue weighted by molar-refractivity contribution is 7.89. The second kappa shape index (κ2) is 7.38. The van der Waals surface area contributed by atoms with Crippen LogP contribution in [-0.4, -0.2) is 21.5 Å². The van der Waals surface area contributed by atoms with Crippen LogP contribution in [0.1, 0.15) is 43.9 Å². The molecule has 0 saturated heterocycles. The van der Waals surface area contributed by atoms with Crippen molar-refractivity contribution in [2.45, 2.75) is 58.5 Å². The van der Waals surface area contributed by atoms with Gasteiger partial charge in [-0.1, -0.05) is 26.8 Å². The second-order valence-corrected chi connectivity index (χ2v) is 7.64. The number of hydrogen-bond donors (Lipinski definition) is 2. The molecule has 1 aromatic rings. The maximum Gasteiger partial charge on any atom is 0.241 e. The van der Waals surface area contributed by atoms with Crippen molar-refractivity contribution in [3.63, 3.8) is 0 Å². The van der Waals surface area contributed by atoms with E-state index in [1.807, 2.05) is 47.7 Å². The Morgan fingerprint density at radius 1 is 1.14 bits per heavy atom. The molecule has 0 aliphatic carbocycles. The van der Waals surface area contributed by atoms with E-state index in [0.717, 1.165) is 23.1 Å². The van der Waals surface area contributed by atoms with Crippen LogP contribution in [0.3, 0.4) is 0 Å². The molecule has 0 saturated carbocycles. The summed E-state index contributed by atoms with van der Waals surface area (Å²) in [5.41, 5.74) is 2.91. The topological polar surface area (TPSA) is 58.2 Å². The van der Waals surface area contributed by atoms with E-state index in [0.29, 0.717) is 11.4 Å². The van der Waals surface area contributed by atoms with Crippen molar-refractivity contribution in [2.75, 3.05) is 7.05 Å². The van der Waals surface area contributed by atoms with E-state index in [1.54, 1.807) is 6.07 Å². The van der Waals surface area contributed by atoms with Crippen molar-refractivity contribution in [3.8, 4) is 0 Å². The van der Waals surface area contributed by atoms with Crippen LogP contribution in [0, 0.1) is 19.8 Å². The van der Waals surface area contributed by atoms with Crippen LogP contribution in [0.25, 0.3) is 0 Å². The average molecular weight is 312 g/mol. The number of benzene rings is 1. The number of nitrogens with one attached hydrogen (secondary N) is 2. The summed E-state index contributed by atoms with van der Waals surface area (Å²) in [6, 6.07) is 3.69. The molecule has 120 valence electrons. The van der Waals surface area contributed by atoms with Gasteiger partial charge in [-0.25, -0.2) is 13.1 Å². The first-order valence-corrected chi connectivity index (χ1v) is 8.98. The quantitative estimate of drug-likeness (QED) is 0.814. The van der Waals surface area contributed by atoms with Crippen LogP contribution in [0.4, 0.5) is 0 Å². The lowest BCUT2D eigenvalue weighted by atomic mass is 10.0. The standard InChI is InChI=1S/C16H28N2O2S/c1-7-15(11(2)3)18-21(19,20)16-9-14(10-17-6)12(4)8-13(16)5/h8-9,11,15,17-18H,7,10H2,1-6H3. The van der Waals surface area contributed by atoms with Gasteiger partial charge in [-0.3, -0.25) is 0 Å². The van der Waals surface area contributed by atoms with Crippen molar-refractivity contribution in [3.05, 3.63) is 28.8 Å². The smallest absolute Gasteiger partial charge is 0.241 e. The van der Waals surface area contributed by atoms with Gasteiger partial charge in [0.25, 0.3) is 0 Å². The summed E-state index contributed by atoms with van der Waals surface area (Å²) in [6.45, 7) is 10.6. The largest absolute Gasteiger partial charge is 0.316 e. The van der Waals surface area contributed by atoms with Crippen molar-refractivity contribution in [1.82, 2.24) is 10.0 Å². The van der Waals surface area contributed by atoms with Gasteiger partial charge in [-0.05, 0) is 56.0 Å². The first kappa shape index (κ1) is 18.1. The molecular formula is C16H28N2O2S. The molecule has 21 heavy (non-hydrogen) atoms.